The fourth-order valence-electron chi connectivity index (χ4n) is 1.85. The van der Waals surface area contributed by atoms with Gasteiger partial charge in [0.1, 0.15) is 5.75 Å². The molecule has 5 nitrogen and oxygen atoms in total. The van der Waals surface area contributed by atoms with Gasteiger partial charge in [-0.05, 0) is 32.0 Å². The highest BCUT2D eigenvalue weighted by Gasteiger charge is 2.15. The van der Waals surface area contributed by atoms with Crippen LogP contribution in [0.4, 0.5) is 0 Å². The Morgan fingerprint density at radius 2 is 2.53 bits per heavy atom. The second-order valence-electron chi connectivity index (χ2n) is 4.48. The Kier molecular flexibility index (Phi) is 4.92. The van der Waals surface area contributed by atoms with Crippen molar-refractivity contribution >= 4 is 5.91 Å². The number of rotatable bonds is 5. The highest BCUT2D eigenvalue weighted by Crippen LogP contribution is 2.09. The largest absolute Gasteiger partial charge is 0.479 e. The van der Waals surface area contributed by atoms with Crippen LogP contribution in [0.25, 0.3) is 0 Å². The van der Waals surface area contributed by atoms with Gasteiger partial charge in [-0.3, -0.25) is 9.78 Å². The molecule has 0 spiro atoms. The Balaban J connectivity index is 1.77. The monoisotopic (exact) mass is 261 g/mol. The summed E-state index contributed by atoms with van der Waals surface area (Å²) in [7, 11) is 0. The molecule has 0 saturated carbocycles. The minimum Gasteiger partial charge on any atom is -0.479 e. The molecule has 0 fully saturated rings. The molecule has 1 aliphatic heterocycles. The van der Waals surface area contributed by atoms with Gasteiger partial charge in [0, 0.05) is 19.3 Å². The van der Waals surface area contributed by atoms with Gasteiger partial charge < -0.3 is 15.4 Å². The number of pyridine rings is 1. The Labute approximate surface area is 113 Å². The molecule has 0 aromatic carbocycles. The van der Waals surface area contributed by atoms with E-state index in [4.69, 9.17) is 4.74 Å². The summed E-state index contributed by atoms with van der Waals surface area (Å²) in [5.74, 6) is 0.495. The third-order valence-corrected chi connectivity index (χ3v) is 2.96. The van der Waals surface area contributed by atoms with Crippen LogP contribution in [0.2, 0.25) is 0 Å². The number of amides is 1. The topological polar surface area (TPSA) is 63.2 Å². The van der Waals surface area contributed by atoms with Crippen molar-refractivity contribution in [1.82, 2.24) is 15.6 Å². The van der Waals surface area contributed by atoms with Crippen molar-refractivity contribution in [3.05, 3.63) is 36.2 Å². The smallest absolute Gasteiger partial charge is 0.261 e. The van der Waals surface area contributed by atoms with Gasteiger partial charge in [-0.15, -0.1) is 0 Å². The molecule has 0 radical (unpaired) electrons. The molecule has 19 heavy (non-hydrogen) atoms. The molecule has 0 aliphatic carbocycles. The van der Waals surface area contributed by atoms with Gasteiger partial charge in [0.15, 0.2) is 6.10 Å². The van der Waals surface area contributed by atoms with Crippen LogP contribution in [0, 0.1) is 0 Å². The Morgan fingerprint density at radius 3 is 3.21 bits per heavy atom. The third-order valence-electron chi connectivity index (χ3n) is 2.96. The predicted molar refractivity (Wildman–Crippen MR) is 72.9 cm³/mol. The van der Waals surface area contributed by atoms with Crippen molar-refractivity contribution in [2.24, 2.45) is 0 Å². The van der Waals surface area contributed by atoms with Gasteiger partial charge in [-0.2, -0.15) is 0 Å². The van der Waals surface area contributed by atoms with Gasteiger partial charge in [-0.25, -0.2) is 0 Å². The summed E-state index contributed by atoms with van der Waals surface area (Å²) in [6, 6.07) is 3.56. The SMILES string of the molecule is CC(Oc1cccnc1)C(=O)NCC1=CCNCC1. The molecular weight excluding hydrogens is 242 g/mol. The summed E-state index contributed by atoms with van der Waals surface area (Å²) >= 11 is 0. The van der Waals surface area contributed by atoms with Crippen LogP contribution >= 0.6 is 0 Å². The van der Waals surface area contributed by atoms with E-state index in [2.05, 4.69) is 21.7 Å². The third kappa shape index (κ3) is 4.37. The lowest BCUT2D eigenvalue weighted by Gasteiger charge is -2.17. The van der Waals surface area contributed by atoms with E-state index in [9.17, 15) is 4.79 Å². The maximum absolute atomic E-state index is 11.9. The van der Waals surface area contributed by atoms with Crippen molar-refractivity contribution in [1.29, 1.82) is 0 Å². The fraction of sp³-hybridized carbons (Fsp3) is 0.429. The van der Waals surface area contributed by atoms with E-state index < -0.39 is 6.10 Å². The lowest BCUT2D eigenvalue weighted by atomic mass is 10.1. The number of hydrogen-bond acceptors (Lipinski definition) is 4. The molecule has 1 amide bonds. The Morgan fingerprint density at radius 1 is 1.63 bits per heavy atom. The number of carbonyl (C=O) groups excluding carboxylic acids is 1. The van der Waals surface area contributed by atoms with Crippen LogP contribution in [-0.2, 0) is 4.79 Å². The first kappa shape index (κ1) is 13.5. The van der Waals surface area contributed by atoms with Crippen LogP contribution in [0.3, 0.4) is 0 Å². The maximum Gasteiger partial charge on any atom is 0.261 e. The van der Waals surface area contributed by atoms with E-state index in [1.807, 2.05) is 0 Å². The molecule has 2 rings (SSSR count). The van der Waals surface area contributed by atoms with Crippen LogP contribution in [0.1, 0.15) is 13.3 Å². The number of aromatic nitrogens is 1. The van der Waals surface area contributed by atoms with E-state index >= 15 is 0 Å². The van der Waals surface area contributed by atoms with E-state index in [0.717, 1.165) is 19.5 Å². The Bertz CT molecular complexity index is 445. The zero-order chi connectivity index (χ0) is 13.5. The summed E-state index contributed by atoms with van der Waals surface area (Å²) in [5.41, 5.74) is 1.26. The van der Waals surface area contributed by atoms with Crippen LogP contribution in [0.15, 0.2) is 36.2 Å². The number of carbonyl (C=O) groups is 1. The minimum atomic E-state index is -0.522. The minimum absolute atomic E-state index is 0.108. The predicted octanol–water partition coefficient (Wildman–Crippen LogP) is 0.885. The van der Waals surface area contributed by atoms with Gasteiger partial charge in [0.2, 0.25) is 0 Å². The van der Waals surface area contributed by atoms with Gasteiger partial charge >= 0.3 is 0 Å². The van der Waals surface area contributed by atoms with Crippen molar-refractivity contribution in [2.45, 2.75) is 19.4 Å². The number of nitrogens with zero attached hydrogens (tertiary/aromatic N) is 1. The van der Waals surface area contributed by atoms with Gasteiger partial charge in [0.05, 0.1) is 6.20 Å². The molecule has 1 aromatic heterocycles. The molecule has 0 saturated heterocycles. The molecule has 1 aliphatic rings. The van der Waals surface area contributed by atoms with Crippen LogP contribution in [-0.4, -0.2) is 36.6 Å². The first-order valence-corrected chi connectivity index (χ1v) is 6.49. The van der Waals surface area contributed by atoms with E-state index in [-0.39, 0.29) is 5.91 Å². The first-order chi connectivity index (χ1) is 9.25. The summed E-state index contributed by atoms with van der Waals surface area (Å²) in [6.45, 7) is 4.19. The van der Waals surface area contributed by atoms with Crippen molar-refractivity contribution in [3.63, 3.8) is 0 Å². The second-order valence-corrected chi connectivity index (χ2v) is 4.48. The molecule has 1 unspecified atom stereocenters. The van der Waals surface area contributed by atoms with Crippen LogP contribution in [0.5, 0.6) is 5.75 Å². The summed E-state index contributed by atoms with van der Waals surface area (Å²) in [4.78, 5) is 15.8. The quantitative estimate of drug-likeness (QED) is 0.773. The van der Waals surface area contributed by atoms with Crippen molar-refractivity contribution in [3.8, 4) is 5.75 Å². The van der Waals surface area contributed by atoms with Crippen LogP contribution < -0.4 is 15.4 Å². The molecule has 1 aromatic rings. The lowest BCUT2D eigenvalue weighted by Crippen LogP contribution is -2.38. The first-order valence-electron chi connectivity index (χ1n) is 6.49. The molecule has 2 heterocycles. The molecule has 5 heteroatoms. The molecule has 0 bridgehead atoms. The van der Waals surface area contributed by atoms with E-state index in [1.54, 1.807) is 31.5 Å². The molecular formula is C14H19N3O2. The van der Waals surface area contributed by atoms with E-state index in [1.165, 1.54) is 5.57 Å². The second kappa shape index (κ2) is 6.89. The lowest BCUT2D eigenvalue weighted by molar-refractivity contribution is -0.127. The van der Waals surface area contributed by atoms with Crippen molar-refractivity contribution in [2.75, 3.05) is 19.6 Å². The maximum atomic E-state index is 11.9. The zero-order valence-electron chi connectivity index (χ0n) is 11.1. The van der Waals surface area contributed by atoms with Crippen molar-refractivity contribution < 1.29 is 9.53 Å². The fourth-order valence-corrected chi connectivity index (χ4v) is 1.85. The van der Waals surface area contributed by atoms with E-state index in [0.29, 0.717) is 12.3 Å². The highest BCUT2D eigenvalue weighted by molar-refractivity contribution is 5.80. The number of hydrogen-bond donors (Lipinski definition) is 2. The zero-order valence-corrected chi connectivity index (χ0v) is 11.1. The Hall–Kier alpha value is -1.88. The average Bonchev–Trinajstić information content (AvgIpc) is 2.47. The molecule has 2 N–H and O–H groups in total. The molecule has 1 atom stereocenters. The number of ether oxygens (including phenoxy) is 1. The average molecular weight is 261 g/mol. The normalized spacial score (nSPS) is 16.4. The summed E-state index contributed by atoms with van der Waals surface area (Å²) < 4.78 is 5.51. The molecule has 102 valence electrons. The van der Waals surface area contributed by atoms with Gasteiger partial charge in [-0.1, -0.05) is 11.6 Å². The van der Waals surface area contributed by atoms with Gasteiger partial charge in [0.25, 0.3) is 5.91 Å². The summed E-state index contributed by atoms with van der Waals surface area (Å²) in [6.07, 6.45) is 5.85. The standard InChI is InChI=1S/C14H19N3O2/c1-11(19-13-3-2-6-16-10-13)14(18)17-9-12-4-7-15-8-5-12/h2-4,6,10-11,15H,5,7-9H2,1H3,(H,17,18). The highest BCUT2D eigenvalue weighted by atomic mass is 16.5. The number of nitrogens with one attached hydrogen (secondary N) is 2. The summed E-state index contributed by atoms with van der Waals surface area (Å²) in [5, 5.41) is 6.13.